The van der Waals surface area contributed by atoms with Gasteiger partial charge in [0.25, 0.3) is 0 Å². The summed E-state index contributed by atoms with van der Waals surface area (Å²) < 4.78 is 6.27. The zero-order chi connectivity index (χ0) is 19.6. The summed E-state index contributed by atoms with van der Waals surface area (Å²) in [4.78, 5) is 0. The molecule has 3 saturated carbocycles. The number of rotatable bonds is 6. The van der Waals surface area contributed by atoms with E-state index in [0.717, 1.165) is 29.7 Å². The Bertz CT molecular complexity index is 721. The van der Waals surface area contributed by atoms with Crippen LogP contribution in [0.2, 0.25) is 0 Å². The van der Waals surface area contributed by atoms with Crippen LogP contribution in [-0.2, 0) is 5.41 Å². The fourth-order valence-electron chi connectivity index (χ4n) is 6.08. The summed E-state index contributed by atoms with van der Waals surface area (Å²) in [5, 5.41) is 21.8. The van der Waals surface area contributed by atoms with E-state index in [4.69, 9.17) is 4.74 Å². The van der Waals surface area contributed by atoms with Crippen molar-refractivity contribution in [2.45, 2.75) is 96.7 Å². The molecule has 0 spiro atoms. The summed E-state index contributed by atoms with van der Waals surface area (Å²) in [7, 11) is 0. The Morgan fingerprint density at radius 1 is 1.15 bits per heavy atom. The van der Waals surface area contributed by atoms with Gasteiger partial charge in [0.05, 0.1) is 6.10 Å². The molecule has 1 aromatic carbocycles. The van der Waals surface area contributed by atoms with Crippen molar-refractivity contribution in [2.75, 3.05) is 0 Å². The first kappa shape index (κ1) is 19.1. The monoisotopic (exact) mass is 372 g/mol. The fraction of sp³-hybridized carbons (Fsp3) is 0.750. The molecule has 0 radical (unpaired) electrons. The summed E-state index contributed by atoms with van der Waals surface area (Å²) in [6, 6.07) is 4.11. The number of hydrogen-bond acceptors (Lipinski definition) is 3. The molecule has 27 heavy (non-hydrogen) atoms. The summed E-state index contributed by atoms with van der Waals surface area (Å²) >= 11 is 0. The van der Waals surface area contributed by atoms with E-state index < -0.39 is 6.10 Å². The van der Waals surface area contributed by atoms with Gasteiger partial charge in [0.2, 0.25) is 0 Å². The molecule has 3 fully saturated rings. The Balaban J connectivity index is 1.61. The minimum atomic E-state index is -0.438. The number of aliphatic hydroxyl groups is 1. The van der Waals surface area contributed by atoms with Gasteiger partial charge < -0.3 is 14.9 Å². The second kappa shape index (κ2) is 6.40. The lowest BCUT2D eigenvalue weighted by Crippen LogP contribution is -2.63. The Morgan fingerprint density at radius 2 is 1.89 bits per heavy atom. The second-order valence-electron chi connectivity index (χ2n) is 10.5. The van der Waals surface area contributed by atoms with Crippen LogP contribution in [0.25, 0.3) is 0 Å². The molecule has 0 saturated heterocycles. The molecule has 4 aliphatic rings. The minimum Gasteiger partial charge on any atom is -0.508 e. The highest BCUT2D eigenvalue weighted by Gasteiger charge is 2.65. The fourth-order valence-corrected chi connectivity index (χ4v) is 6.08. The highest BCUT2D eigenvalue weighted by Crippen LogP contribution is 2.68. The topological polar surface area (TPSA) is 49.7 Å². The number of aliphatic hydroxyl groups excluding tert-OH is 1. The molecule has 1 heterocycles. The van der Waals surface area contributed by atoms with Crippen LogP contribution in [0.5, 0.6) is 11.5 Å². The maximum Gasteiger partial charge on any atom is 0.132 e. The van der Waals surface area contributed by atoms with Crippen molar-refractivity contribution < 1.29 is 14.9 Å². The molecule has 5 atom stereocenters. The summed E-state index contributed by atoms with van der Waals surface area (Å²) in [6.07, 6.45) is 6.54. The molecule has 150 valence electrons. The maximum atomic E-state index is 11.0. The van der Waals surface area contributed by atoms with E-state index in [0.29, 0.717) is 17.6 Å². The van der Waals surface area contributed by atoms with Crippen LogP contribution in [-0.4, -0.2) is 22.4 Å². The third kappa shape index (κ3) is 2.80. The van der Waals surface area contributed by atoms with Crippen LogP contribution in [0.4, 0.5) is 0 Å². The summed E-state index contributed by atoms with van der Waals surface area (Å²) in [6.45, 7) is 11.3. The van der Waals surface area contributed by atoms with Crippen LogP contribution in [0.15, 0.2) is 12.1 Å². The maximum absolute atomic E-state index is 11.0. The van der Waals surface area contributed by atoms with Crippen LogP contribution in [0.3, 0.4) is 0 Å². The lowest BCUT2D eigenvalue weighted by Gasteiger charge is -2.62. The number of hydrogen-bond donors (Lipinski definition) is 2. The molecule has 5 rings (SSSR count). The highest BCUT2D eigenvalue weighted by atomic mass is 16.5. The van der Waals surface area contributed by atoms with Gasteiger partial charge in [-0.3, -0.25) is 0 Å². The third-order valence-corrected chi connectivity index (χ3v) is 8.11. The number of ether oxygens (including phenoxy) is 1. The first-order chi connectivity index (χ1) is 12.7. The molecular weight excluding hydrogens is 336 g/mol. The van der Waals surface area contributed by atoms with E-state index in [1.54, 1.807) is 0 Å². The zero-order valence-electron chi connectivity index (χ0n) is 17.6. The normalized spacial score (nSPS) is 33.0. The number of phenolic OH excluding ortho intramolecular Hbond substituents is 1. The lowest BCUT2D eigenvalue weighted by molar-refractivity contribution is -0.190. The molecule has 3 heteroatoms. The predicted octanol–water partition coefficient (Wildman–Crippen LogP) is 5.52. The average molecular weight is 373 g/mol. The van der Waals surface area contributed by atoms with E-state index in [9.17, 15) is 10.2 Å². The third-order valence-electron chi connectivity index (χ3n) is 8.11. The second-order valence-corrected chi connectivity index (χ2v) is 10.5. The number of phenols is 1. The van der Waals surface area contributed by atoms with Gasteiger partial charge in [-0.15, -0.1) is 0 Å². The minimum absolute atomic E-state index is 0.0113. The molecular formula is C24H36O3. The number of benzene rings is 1. The lowest BCUT2D eigenvalue weighted by atomic mass is 9.43. The van der Waals surface area contributed by atoms with Crippen molar-refractivity contribution in [3.8, 4) is 11.5 Å². The number of aromatic hydroxyl groups is 1. The van der Waals surface area contributed by atoms with Gasteiger partial charge in [-0.2, -0.15) is 0 Å². The van der Waals surface area contributed by atoms with Crippen molar-refractivity contribution in [3.63, 3.8) is 0 Å². The van der Waals surface area contributed by atoms with E-state index in [1.807, 2.05) is 6.07 Å². The first-order valence-corrected chi connectivity index (χ1v) is 10.9. The Kier molecular flexibility index (Phi) is 4.53. The van der Waals surface area contributed by atoms with Gasteiger partial charge >= 0.3 is 0 Å². The molecule has 3 nitrogen and oxygen atoms in total. The van der Waals surface area contributed by atoms with Gasteiger partial charge in [0.1, 0.15) is 17.6 Å². The van der Waals surface area contributed by atoms with Crippen molar-refractivity contribution >= 4 is 0 Å². The quantitative estimate of drug-likeness (QED) is 0.646. The highest BCUT2D eigenvalue weighted by molar-refractivity contribution is 5.55. The van der Waals surface area contributed by atoms with Crippen molar-refractivity contribution in [3.05, 3.63) is 23.3 Å². The van der Waals surface area contributed by atoms with Gasteiger partial charge in [0, 0.05) is 11.5 Å². The molecule has 1 unspecified atom stereocenters. The molecule has 3 aliphatic carbocycles. The van der Waals surface area contributed by atoms with Gasteiger partial charge in [0.15, 0.2) is 0 Å². The van der Waals surface area contributed by atoms with Crippen molar-refractivity contribution in [1.82, 2.24) is 0 Å². The molecule has 0 aromatic heterocycles. The first-order valence-electron chi connectivity index (χ1n) is 10.9. The van der Waals surface area contributed by atoms with E-state index in [1.165, 1.54) is 25.7 Å². The van der Waals surface area contributed by atoms with Gasteiger partial charge in [-0.05, 0) is 53.2 Å². The van der Waals surface area contributed by atoms with Crippen LogP contribution < -0.4 is 4.74 Å². The number of unbranched alkanes of at least 4 members (excludes halogenated alkanes) is 3. The van der Waals surface area contributed by atoms with Gasteiger partial charge in [-0.25, -0.2) is 0 Å². The molecule has 2 bridgehead atoms. The average Bonchev–Trinajstić information content (AvgIpc) is 2.99. The van der Waals surface area contributed by atoms with Crippen LogP contribution in [0.1, 0.15) is 90.2 Å². The zero-order valence-corrected chi connectivity index (χ0v) is 17.6. The largest absolute Gasteiger partial charge is 0.508 e. The predicted molar refractivity (Wildman–Crippen MR) is 108 cm³/mol. The van der Waals surface area contributed by atoms with Gasteiger partial charge in [-0.1, -0.05) is 60.3 Å². The van der Waals surface area contributed by atoms with E-state index >= 15 is 0 Å². The van der Waals surface area contributed by atoms with E-state index in [-0.39, 0.29) is 22.9 Å². The van der Waals surface area contributed by atoms with Crippen LogP contribution in [0, 0.1) is 17.3 Å². The van der Waals surface area contributed by atoms with Crippen molar-refractivity contribution in [2.24, 2.45) is 17.3 Å². The Morgan fingerprint density at radius 3 is 2.56 bits per heavy atom. The molecule has 1 aromatic rings. The molecule has 1 aliphatic heterocycles. The Labute approximate surface area is 164 Å². The summed E-state index contributed by atoms with van der Waals surface area (Å²) in [5.41, 5.74) is 2.22. The SMILES string of the molecule is CCCCCCC(C)(C)c1cc(O)c2c(c1)O[C@H]1[C@H](O)[C@@H]3CC([C@H]21)C3(C)C. The molecule has 2 N–H and O–H groups in total. The standard InChI is InChI=1S/C24H36O3/c1-6-7-8-9-10-23(2,3)14-11-17(25)20-18(12-14)27-22-19(20)15-13-16(21(22)26)24(15,4)5/h11-12,15-16,19,21-22,25-26H,6-10,13H2,1-5H3/t15?,16-,19+,21+,22+/m0/s1. The van der Waals surface area contributed by atoms with E-state index in [2.05, 4.69) is 40.7 Å². The Hall–Kier alpha value is -1.22. The van der Waals surface area contributed by atoms with Crippen molar-refractivity contribution in [1.29, 1.82) is 0 Å². The molecule has 0 amide bonds. The van der Waals surface area contributed by atoms with Crippen LogP contribution >= 0.6 is 0 Å². The summed E-state index contributed by atoms with van der Waals surface area (Å²) in [5.74, 6) is 2.09. The number of fused-ring (bicyclic) bond motifs is 1. The smallest absolute Gasteiger partial charge is 0.132 e.